The molecule has 4 heterocycles. The van der Waals surface area contributed by atoms with E-state index in [0.717, 1.165) is 90.3 Å². The molecule has 6 atom stereocenters. The highest BCUT2D eigenvalue weighted by Gasteiger charge is 2.37. The molecule has 10 heteroatoms. The number of aromatic amines is 2. The SMILES string of the molecule is CC[C@H](C(=O)N1CCC[C@H]1c1ncc(-c2ccc(C#Cc3ccc4nc([C@@H]5CCCN5C(=O)[C@@H](C)[C@@H](C)OC)[nH]c4c3)cc2)[nH]1)[C@@H](C)OC. The number of fused-ring (bicyclic) bond motifs is 1. The van der Waals surface area contributed by atoms with Crippen LogP contribution < -0.4 is 0 Å². The number of aromatic nitrogens is 4. The van der Waals surface area contributed by atoms with Crippen molar-refractivity contribution in [1.29, 1.82) is 0 Å². The van der Waals surface area contributed by atoms with Gasteiger partial charge in [-0.05, 0) is 81.8 Å². The summed E-state index contributed by atoms with van der Waals surface area (Å²) in [5.74, 6) is 8.09. The monoisotopic (exact) mass is 664 g/mol. The van der Waals surface area contributed by atoms with E-state index in [2.05, 4.69) is 21.8 Å². The summed E-state index contributed by atoms with van der Waals surface area (Å²) in [5, 5.41) is 0. The number of methoxy groups -OCH3 is 2. The van der Waals surface area contributed by atoms with E-state index in [1.54, 1.807) is 14.2 Å². The Kier molecular flexibility index (Phi) is 10.5. The van der Waals surface area contributed by atoms with Gasteiger partial charge in [-0.15, -0.1) is 0 Å². The fourth-order valence-electron chi connectivity index (χ4n) is 7.18. The first-order valence-electron chi connectivity index (χ1n) is 17.6. The number of hydrogen-bond acceptors (Lipinski definition) is 6. The Balaban J connectivity index is 1.12. The summed E-state index contributed by atoms with van der Waals surface area (Å²) in [6.07, 6.45) is 6.01. The number of nitrogens with zero attached hydrogens (tertiary/aromatic N) is 4. The molecule has 2 aromatic heterocycles. The Labute approximate surface area is 289 Å². The highest BCUT2D eigenvalue weighted by Crippen LogP contribution is 2.35. The number of carbonyl (C=O) groups is 2. The summed E-state index contributed by atoms with van der Waals surface area (Å²) in [4.78, 5) is 47.1. The standard InChI is InChI=1S/C39H48N6O4/c1-7-30(26(4)49-6)39(47)45-21-8-10-34(45)36-40-23-33(43-36)29-17-14-27(15-18-29)12-13-28-16-19-31-32(22-28)42-37(41-31)35-11-9-20-44(35)38(46)24(2)25(3)48-5/h14-19,22-26,30,34-35H,7-11,20-21H2,1-6H3,(H,40,43)(H,41,42)/t24-,25+,26+,30-,34-,35-/m0/s1. The lowest BCUT2D eigenvalue weighted by atomic mass is 9.98. The predicted octanol–water partition coefficient (Wildman–Crippen LogP) is 6.41. The largest absolute Gasteiger partial charge is 0.381 e. The number of H-pyrrole nitrogens is 2. The van der Waals surface area contributed by atoms with Crippen molar-refractivity contribution >= 4 is 22.8 Å². The topological polar surface area (TPSA) is 116 Å². The van der Waals surface area contributed by atoms with E-state index in [-0.39, 0.29) is 47.9 Å². The van der Waals surface area contributed by atoms with Crippen molar-refractivity contribution in [2.45, 2.75) is 84.1 Å². The van der Waals surface area contributed by atoms with Gasteiger partial charge in [0.05, 0.1) is 59.1 Å². The van der Waals surface area contributed by atoms with Crippen molar-refractivity contribution in [3.05, 3.63) is 71.4 Å². The van der Waals surface area contributed by atoms with Gasteiger partial charge in [0.15, 0.2) is 0 Å². The summed E-state index contributed by atoms with van der Waals surface area (Å²) in [7, 11) is 3.30. The minimum absolute atomic E-state index is 0.0548. The lowest BCUT2D eigenvalue weighted by Gasteiger charge is -2.29. The van der Waals surface area contributed by atoms with E-state index in [4.69, 9.17) is 19.4 Å². The highest BCUT2D eigenvalue weighted by atomic mass is 16.5. The van der Waals surface area contributed by atoms with Gasteiger partial charge >= 0.3 is 0 Å². The lowest BCUT2D eigenvalue weighted by Crippen LogP contribution is -2.40. The van der Waals surface area contributed by atoms with Crippen LogP contribution in [0.25, 0.3) is 22.3 Å². The summed E-state index contributed by atoms with van der Waals surface area (Å²) < 4.78 is 10.9. The second-order valence-electron chi connectivity index (χ2n) is 13.4. The van der Waals surface area contributed by atoms with Gasteiger partial charge < -0.3 is 29.2 Å². The third-order valence-corrected chi connectivity index (χ3v) is 10.5. The van der Waals surface area contributed by atoms with Gasteiger partial charge in [0.1, 0.15) is 11.6 Å². The Morgan fingerprint density at radius 2 is 1.49 bits per heavy atom. The molecule has 2 aliphatic heterocycles. The van der Waals surface area contributed by atoms with Crippen LogP contribution in [0, 0.1) is 23.7 Å². The van der Waals surface area contributed by atoms with Crippen LogP contribution in [-0.2, 0) is 19.1 Å². The van der Waals surface area contributed by atoms with E-state index in [0.29, 0.717) is 0 Å². The second kappa shape index (κ2) is 15.0. The van der Waals surface area contributed by atoms with Crippen LogP contribution >= 0.6 is 0 Å². The molecule has 0 unspecified atom stereocenters. The molecular weight excluding hydrogens is 616 g/mol. The molecule has 0 saturated carbocycles. The number of ether oxygens (including phenoxy) is 2. The van der Waals surface area contributed by atoms with Gasteiger partial charge in [-0.25, -0.2) is 9.97 Å². The second-order valence-corrected chi connectivity index (χ2v) is 13.4. The Bertz CT molecular complexity index is 1830. The summed E-state index contributed by atoms with van der Waals surface area (Å²) >= 11 is 0. The average Bonchev–Trinajstić information content (AvgIpc) is 3.95. The fourth-order valence-corrected chi connectivity index (χ4v) is 7.18. The van der Waals surface area contributed by atoms with Crippen molar-refractivity contribution in [1.82, 2.24) is 29.7 Å². The number of nitrogens with one attached hydrogen (secondary N) is 2. The van der Waals surface area contributed by atoms with Crippen molar-refractivity contribution in [3.63, 3.8) is 0 Å². The highest BCUT2D eigenvalue weighted by molar-refractivity contribution is 5.81. The molecule has 4 aromatic rings. The van der Waals surface area contributed by atoms with Crippen LogP contribution in [-0.4, -0.2) is 81.1 Å². The molecule has 2 amide bonds. The van der Waals surface area contributed by atoms with Crippen LogP contribution in [0.3, 0.4) is 0 Å². The maximum absolute atomic E-state index is 13.4. The zero-order chi connectivity index (χ0) is 34.7. The molecule has 10 nitrogen and oxygen atoms in total. The molecule has 0 radical (unpaired) electrons. The van der Waals surface area contributed by atoms with Gasteiger partial charge in [0.25, 0.3) is 0 Å². The Morgan fingerprint density at radius 1 is 0.857 bits per heavy atom. The number of hydrogen-bond donors (Lipinski definition) is 2. The number of carbonyl (C=O) groups excluding carboxylic acids is 2. The molecule has 2 fully saturated rings. The zero-order valence-corrected chi connectivity index (χ0v) is 29.5. The summed E-state index contributed by atoms with van der Waals surface area (Å²) in [6.45, 7) is 9.33. The van der Waals surface area contributed by atoms with E-state index >= 15 is 0 Å². The van der Waals surface area contributed by atoms with E-state index in [1.807, 2.05) is 86.2 Å². The van der Waals surface area contributed by atoms with Gasteiger partial charge in [0, 0.05) is 38.4 Å². The average molecular weight is 665 g/mol. The Hall–Kier alpha value is -4.46. The summed E-state index contributed by atoms with van der Waals surface area (Å²) in [6, 6.07) is 14.0. The first-order chi connectivity index (χ1) is 23.7. The lowest BCUT2D eigenvalue weighted by molar-refractivity contribution is -0.141. The number of amides is 2. The maximum Gasteiger partial charge on any atom is 0.228 e. The molecule has 0 spiro atoms. The molecule has 6 rings (SSSR count). The molecule has 2 saturated heterocycles. The third kappa shape index (κ3) is 7.15. The van der Waals surface area contributed by atoms with Crippen molar-refractivity contribution in [3.8, 4) is 23.1 Å². The van der Waals surface area contributed by atoms with Crippen molar-refractivity contribution in [2.75, 3.05) is 27.3 Å². The quantitative estimate of drug-likeness (QED) is 0.189. The van der Waals surface area contributed by atoms with Crippen LogP contribution in [0.2, 0.25) is 0 Å². The molecular formula is C39H48N6O4. The van der Waals surface area contributed by atoms with Gasteiger partial charge in [-0.1, -0.05) is 37.8 Å². The fraction of sp³-hybridized carbons (Fsp3) is 0.487. The van der Waals surface area contributed by atoms with Crippen LogP contribution in [0.4, 0.5) is 0 Å². The first kappa shape index (κ1) is 34.4. The van der Waals surface area contributed by atoms with Gasteiger partial charge in [-0.3, -0.25) is 9.59 Å². The van der Waals surface area contributed by atoms with Crippen LogP contribution in [0.15, 0.2) is 48.7 Å². The van der Waals surface area contributed by atoms with Crippen molar-refractivity contribution in [2.24, 2.45) is 11.8 Å². The predicted molar refractivity (Wildman–Crippen MR) is 189 cm³/mol. The van der Waals surface area contributed by atoms with E-state index in [9.17, 15) is 9.59 Å². The molecule has 258 valence electrons. The number of benzene rings is 2. The molecule has 2 aliphatic rings. The molecule has 0 aliphatic carbocycles. The molecule has 2 aromatic carbocycles. The third-order valence-electron chi connectivity index (χ3n) is 10.5. The maximum atomic E-state index is 13.4. The number of rotatable bonds is 10. The summed E-state index contributed by atoms with van der Waals surface area (Å²) in [5.41, 5.74) is 5.48. The van der Waals surface area contributed by atoms with Gasteiger partial charge in [-0.2, -0.15) is 0 Å². The molecule has 0 bridgehead atoms. The minimum atomic E-state index is -0.216. The van der Waals surface area contributed by atoms with E-state index < -0.39 is 0 Å². The first-order valence-corrected chi connectivity index (χ1v) is 17.6. The number of imidazole rings is 2. The van der Waals surface area contributed by atoms with Crippen molar-refractivity contribution < 1.29 is 19.1 Å². The Morgan fingerprint density at radius 3 is 2.16 bits per heavy atom. The van der Waals surface area contributed by atoms with Crippen LogP contribution in [0.1, 0.15) is 94.7 Å². The van der Waals surface area contributed by atoms with Crippen LogP contribution in [0.5, 0.6) is 0 Å². The number of likely N-dealkylation sites (tertiary alicyclic amines) is 2. The normalized spacial score (nSPS) is 20.2. The molecule has 2 N–H and O–H groups in total. The van der Waals surface area contributed by atoms with E-state index in [1.165, 1.54) is 0 Å². The zero-order valence-electron chi connectivity index (χ0n) is 29.5. The molecule has 49 heavy (non-hydrogen) atoms. The minimum Gasteiger partial charge on any atom is -0.381 e. The van der Waals surface area contributed by atoms with Gasteiger partial charge in [0.2, 0.25) is 11.8 Å². The smallest absolute Gasteiger partial charge is 0.228 e.